The molecule has 1 aromatic heterocycles. The molecule has 1 saturated heterocycles. The Morgan fingerprint density at radius 1 is 1.12 bits per heavy atom. The molecule has 1 aliphatic heterocycles. The Balaban J connectivity index is 1.56. The molecule has 132 valence electrons. The Labute approximate surface area is 148 Å². The van der Waals surface area contributed by atoms with Gasteiger partial charge in [0.1, 0.15) is 0 Å². The maximum absolute atomic E-state index is 12.6. The lowest BCUT2D eigenvalue weighted by molar-refractivity contribution is -0.120. The van der Waals surface area contributed by atoms with Gasteiger partial charge in [0.25, 0.3) is 0 Å². The van der Waals surface area contributed by atoms with Gasteiger partial charge in [-0.2, -0.15) is 0 Å². The van der Waals surface area contributed by atoms with E-state index < -0.39 is 0 Å². The van der Waals surface area contributed by atoms with Crippen LogP contribution in [0.4, 0.5) is 11.6 Å². The first-order chi connectivity index (χ1) is 12.0. The second-order valence-electron chi connectivity index (χ2n) is 6.56. The number of hydrogen-bond donors (Lipinski definition) is 1. The van der Waals surface area contributed by atoms with E-state index in [2.05, 4.69) is 38.1 Å². The van der Waals surface area contributed by atoms with Crippen LogP contribution in [-0.2, 0) is 4.79 Å². The smallest absolute Gasteiger partial charge is 0.241 e. The molecule has 2 aromatic rings. The highest BCUT2D eigenvalue weighted by Gasteiger charge is 2.26. The molecule has 1 amide bonds. The maximum atomic E-state index is 12.6. The first-order valence-corrected chi connectivity index (χ1v) is 8.69. The van der Waals surface area contributed by atoms with Crippen molar-refractivity contribution in [1.82, 2.24) is 14.9 Å². The molecule has 1 atom stereocenters. The van der Waals surface area contributed by atoms with Crippen LogP contribution in [0.15, 0.2) is 36.7 Å². The van der Waals surface area contributed by atoms with Crippen molar-refractivity contribution in [3.05, 3.63) is 47.8 Å². The van der Waals surface area contributed by atoms with Gasteiger partial charge < -0.3 is 10.2 Å². The lowest BCUT2D eigenvalue weighted by Gasteiger charge is -2.37. The quantitative estimate of drug-likeness (QED) is 0.926. The van der Waals surface area contributed by atoms with Crippen LogP contribution in [0.2, 0.25) is 0 Å². The third-order valence-electron chi connectivity index (χ3n) is 4.72. The van der Waals surface area contributed by atoms with E-state index in [1.165, 1.54) is 5.56 Å². The van der Waals surface area contributed by atoms with Gasteiger partial charge in [-0.25, -0.2) is 9.97 Å². The fourth-order valence-electron chi connectivity index (χ4n) is 3.12. The molecule has 1 fully saturated rings. The number of carbonyl (C=O) groups is 1. The Morgan fingerprint density at radius 3 is 2.44 bits per heavy atom. The highest BCUT2D eigenvalue weighted by atomic mass is 16.2. The van der Waals surface area contributed by atoms with Crippen LogP contribution in [0.3, 0.4) is 0 Å². The summed E-state index contributed by atoms with van der Waals surface area (Å²) in [4.78, 5) is 25.6. The molecule has 0 saturated carbocycles. The summed E-state index contributed by atoms with van der Waals surface area (Å²) in [5, 5.41) is 3.06. The zero-order valence-corrected chi connectivity index (χ0v) is 15.1. The Morgan fingerprint density at radius 2 is 1.80 bits per heavy atom. The zero-order chi connectivity index (χ0) is 17.8. The average Bonchev–Trinajstić information content (AvgIpc) is 2.64. The first kappa shape index (κ1) is 17.4. The van der Waals surface area contributed by atoms with E-state index in [9.17, 15) is 4.79 Å². The second-order valence-corrected chi connectivity index (χ2v) is 6.56. The van der Waals surface area contributed by atoms with Crippen molar-refractivity contribution < 1.29 is 4.79 Å². The fraction of sp³-hybridized carbons (Fsp3) is 0.421. The summed E-state index contributed by atoms with van der Waals surface area (Å²) in [7, 11) is 0. The summed E-state index contributed by atoms with van der Waals surface area (Å²) in [6, 6.07) is 7.73. The Kier molecular flexibility index (Phi) is 5.28. The van der Waals surface area contributed by atoms with Crippen LogP contribution >= 0.6 is 0 Å². The predicted molar refractivity (Wildman–Crippen MR) is 99.8 cm³/mol. The molecule has 0 radical (unpaired) electrons. The Hall–Kier alpha value is -2.47. The molecular weight excluding hydrogens is 314 g/mol. The fourth-order valence-corrected chi connectivity index (χ4v) is 3.12. The summed E-state index contributed by atoms with van der Waals surface area (Å²) in [5.41, 5.74) is 3.17. The van der Waals surface area contributed by atoms with Gasteiger partial charge in [0, 0.05) is 44.3 Å². The van der Waals surface area contributed by atoms with E-state index in [-0.39, 0.29) is 11.9 Å². The molecule has 1 aliphatic rings. The number of aryl methyl sites for hydroxylation is 2. The maximum Gasteiger partial charge on any atom is 0.241 e. The van der Waals surface area contributed by atoms with Gasteiger partial charge in [0.15, 0.2) is 0 Å². The van der Waals surface area contributed by atoms with Crippen molar-refractivity contribution >= 4 is 17.5 Å². The molecular formula is C19H25N5O. The standard InChI is InChI=1S/C19H25N5O/c1-14-5-6-17(15(2)13-14)22-18(25)16(3)23-9-11-24(12-10-23)19-20-7-4-8-21-19/h4-8,13,16H,9-12H2,1-3H3,(H,22,25)/t16-/m1/s1. The number of nitrogens with one attached hydrogen (secondary N) is 1. The molecule has 0 unspecified atom stereocenters. The van der Waals surface area contributed by atoms with Crippen molar-refractivity contribution in [2.24, 2.45) is 0 Å². The minimum Gasteiger partial charge on any atom is -0.338 e. The van der Waals surface area contributed by atoms with Crippen LogP contribution < -0.4 is 10.2 Å². The lowest BCUT2D eigenvalue weighted by atomic mass is 10.1. The van der Waals surface area contributed by atoms with Crippen LogP contribution in [0, 0.1) is 13.8 Å². The van der Waals surface area contributed by atoms with Crippen molar-refractivity contribution in [2.75, 3.05) is 36.4 Å². The average molecular weight is 339 g/mol. The molecule has 0 aliphatic carbocycles. The first-order valence-electron chi connectivity index (χ1n) is 8.69. The van der Waals surface area contributed by atoms with Gasteiger partial charge in [0.05, 0.1) is 6.04 Å². The van der Waals surface area contributed by atoms with Gasteiger partial charge in [-0.1, -0.05) is 17.7 Å². The monoisotopic (exact) mass is 339 g/mol. The minimum absolute atomic E-state index is 0.0383. The molecule has 25 heavy (non-hydrogen) atoms. The Bertz CT molecular complexity index is 726. The topological polar surface area (TPSA) is 61.4 Å². The van der Waals surface area contributed by atoms with Crippen LogP contribution in [0.25, 0.3) is 0 Å². The van der Waals surface area contributed by atoms with E-state index in [0.717, 1.165) is 43.4 Å². The van der Waals surface area contributed by atoms with E-state index >= 15 is 0 Å². The number of rotatable bonds is 4. The lowest BCUT2D eigenvalue weighted by Crippen LogP contribution is -2.53. The minimum atomic E-state index is -0.167. The van der Waals surface area contributed by atoms with Crippen molar-refractivity contribution in [3.63, 3.8) is 0 Å². The van der Waals surface area contributed by atoms with Crippen LogP contribution in [0.5, 0.6) is 0 Å². The number of aromatic nitrogens is 2. The van der Waals surface area contributed by atoms with Crippen LogP contribution in [-0.4, -0.2) is 53.0 Å². The number of anilines is 2. The van der Waals surface area contributed by atoms with Gasteiger partial charge in [-0.15, -0.1) is 0 Å². The predicted octanol–water partition coefficient (Wildman–Crippen LogP) is 2.24. The molecule has 0 bridgehead atoms. The number of nitrogens with zero attached hydrogens (tertiary/aromatic N) is 4. The number of benzene rings is 1. The molecule has 3 rings (SSSR count). The van der Waals surface area contributed by atoms with Gasteiger partial charge >= 0.3 is 0 Å². The SMILES string of the molecule is Cc1ccc(NC(=O)[C@@H](C)N2CCN(c3ncccn3)CC2)c(C)c1. The van der Waals surface area contributed by atoms with E-state index in [1.54, 1.807) is 12.4 Å². The third-order valence-corrected chi connectivity index (χ3v) is 4.72. The molecule has 6 nitrogen and oxygen atoms in total. The van der Waals surface area contributed by atoms with Gasteiger partial charge in [-0.05, 0) is 38.5 Å². The van der Waals surface area contributed by atoms with Crippen LogP contribution in [0.1, 0.15) is 18.1 Å². The number of hydrogen-bond acceptors (Lipinski definition) is 5. The van der Waals surface area contributed by atoms with E-state index in [1.807, 2.05) is 32.0 Å². The second kappa shape index (κ2) is 7.61. The van der Waals surface area contributed by atoms with E-state index in [4.69, 9.17) is 0 Å². The number of piperazine rings is 1. The summed E-state index contributed by atoms with van der Waals surface area (Å²) < 4.78 is 0. The normalized spacial score (nSPS) is 16.5. The highest BCUT2D eigenvalue weighted by Crippen LogP contribution is 2.18. The molecule has 2 heterocycles. The molecule has 6 heteroatoms. The summed E-state index contributed by atoms with van der Waals surface area (Å²) >= 11 is 0. The van der Waals surface area contributed by atoms with Gasteiger partial charge in [-0.3, -0.25) is 9.69 Å². The largest absolute Gasteiger partial charge is 0.338 e. The number of carbonyl (C=O) groups excluding carboxylic acids is 1. The van der Waals surface area contributed by atoms with Gasteiger partial charge in [0.2, 0.25) is 11.9 Å². The third kappa shape index (κ3) is 4.14. The van der Waals surface area contributed by atoms with E-state index in [0.29, 0.717) is 0 Å². The molecule has 1 N–H and O–H groups in total. The van der Waals surface area contributed by atoms with Crippen molar-refractivity contribution in [1.29, 1.82) is 0 Å². The summed E-state index contributed by atoms with van der Waals surface area (Å²) in [5.74, 6) is 0.797. The van der Waals surface area contributed by atoms with Crippen molar-refractivity contribution in [3.8, 4) is 0 Å². The summed E-state index contributed by atoms with van der Waals surface area (Å²) in [6.07, 6.45) is 3.52. The van der Waals surface area contributed by atoms with Crippen molar-refractivity contribution in [2.45, 2.75) is 26.8 Å². The molecule has 1 aromatic carbocycles. The summed E-state index contributed by atoms with van der Waals surface area (Å²) in [6.45, 7) is 9.33. The molecule has 0 spiro atoms. The zero-order valence-electron chi connectivity index (χ0n) is 15.1. The highest BCUT2D eigenvalue weighted by molar-refractivity contribution is 5.95. The number of amides is 1.